The van der Waals surface area contributed by atoms with E-state index in [0.717, 1.165) is 13.0 Å². The third-order valence-electron chi connectivity index (χ3n) is 5.69. The smallest absolute Gasteiger partial charge is 0.220 e. The number of ether oxygens (including phenoxy) is 1. The molecule has 18 heavy (non-hydrogen) atoms. The van der Waals surface area contributed by atoms with Gasteiger partial charge in [0, 0.05) is 12.5 Å². The molecule has 4 rings (SSSR count). The molecule has 3 fully saturated rings. The SMILES string of the molecule is CC(=O)N1C[C@]23C=C[C@@H](C[C@@H]2CC12CCCC2)O3. The fourth-order valence-corrected chi connectivity index (χ4v) is 4.88. The van der Waals surface area contributed by atoms with Gasteiger partial charge in [0.25, 0.3) is 0 Å². The van der Waals surface area contributed by atoms with Crippen molar-refractivity contribution in [2.24, 2.45) is 5.92 Å². The first-order valence-corrected chi connectivity index (χ1v) is 7.29. The predicted octanol–water partition coefficient (Wildman–Crippen LogP) is 2.27. The fraction of sp³-hybridized carbons (Fsp3) is 0.800. The lowest BCUT2D eigenvalue weighted by molar-refractivity contribution is -0.149. The molecular weight excluding hydrogens is 226 g/mol. The van der Waals surface area contributed by atoms with E-state index < -0.39 is 0 Å². The van der Waals surface area contributed by atoms with Crippen LogP contribution in [-0.2, 0) is 9.53 Å². The summed E-state index contributed by atoms with van der Waals surface area (Å²) < 4.78 is 6.14. The lowest BCUT2D eigenvalue weighted by Gasteiger charge is -2.52. The molecule has 0 unspecified atom stereocenters. The topological polar surface area (TPSA) is 29.5 Å². The van der Waals surface area contributed by atoms with E-state index in [9.17, 15) is 4.79 Å². The highest BCUT2D eigenvalue weighted by atomic mass is 16.5. The normalized spacial score (nSPS) is 43.7. The molecule has 0 aromatic heterocycles. The largest absolute Gasteiger partial charge is 0.361 e. The van der Waals surface area contributed by atoms with Gasteiger partial charge in [-0.15, -0.1) is 0 Å². The second kappa shape index (κ2) is 3.38. The first-order chi connectivity index (χ1) is 8.64. The lowest BCUT2D eigenvalue weighted by atomic mass is 9.69. The number of carbonyl (C=O) groups is 1. The highest BCUT2D eigenvalue weighted by molar-refractivity contribution is 5.75. The van der Waals surface area contributed by atoms with Gasteiger partial charge in [0.05, 0.1) is 12.6 Å². The summed E-state index contributed by atoms with van der Waals surface area (Å²) in [7, 11) is 0. The van der Waals surface area contributed by atoms with Crippen molar-refractivity contribution in [3.05, 3.63) is 12.2 Å². The van der Waals surface area contributed by atoms with Crippen molar-refractivity contribution < 1.29 is 9.53 Å². The summed E-state index contributed by atoms with van der Waals surface area (Å²) in [6.45, 7) is 2.52. The molecule has 1 aliphatic carbocycles. The van der Waals surface area contributed by atoms with Gasteiger partial charge in [0.2, 0.25) is 5.91 Å². The molecule has 0 N–H and O–H groups in total. The van der Waals surface area contributed by atoms with E-state index in [2.05, 4.69) is 17.1 Å². The number of fused-ring (bicyclic) bond motifs is 1. The van der Waals surface area contributed by atoms with Crippen LogP contribution >= 0.6 is 0 Å². The summed E-state index contributed by atoms with van der Waals surface area (Å²) in [6.07, 6.45) is 12.1. The molecule has 3 aliphatic heterocycles. The van der Waals surface area contributed by atoms with Crippen molar-refractivity contribution in [1.29, 1.82) is 0 Å². The van der Waals surface area contributed by atoms with Crippen LogP contribution in [0.5, 0.6) is 0 Å². The van der Waals surface area contributed by atoms with Gasteiger partial charge >= 0.3 is 0 Å². The molecule has 0 aromatic carbocycles. The Morgan fingerprint density at radius 1 is 1.39 bits per heavy atom. The highest BCUT2D eigenvalue weighted by Crippen LogP contribution is 2.55. The van der Waals surface area contributed by atoms with E-state index in [0.29, 0.717) is 12.0 Å². The van der Waals surface area contributed by atoms with Crippen molar-refractivity contribution in [3.8, 4) is 0 Å². The molecule has 2 spiro atoms. The Balaban J connectivity index is 1.72. The van der Waals surface area contributed by atoms with Gasteiger partial charge in [0.15, 0.2) is 0 Å². The van der Waals surface area contributed by atoms with Gasteiger partial charge in [-0.2, -0.15) is 0 Å². The molecule has 3 heterocycles. The number of piperidine rings is 1. The van der Waals surface area contributed by atoms with Crippen LogP contribution in [0.3, 0.4) is 0 Å². The molecule has 3 nitrogen and oxygen atoms in total. The number of hydrogen-bond donors (Lipinski definition) is 0. The first-order valence-electron chi connectivity index (χ1n) is 7.29. The molecule has 3 heteroatoms. The molecule has 3 atom stereocenters. The first kappa shape index (κ1) is 11.0. The van der Waals surface area contributed by atoms with Gasteiger partial charge in [-0.25, -0.2) is 0 Å². The van der Waals surface area contributed by atoms with Gasteiger partial charge in [0.1, 0.15) is 5.60 Å². The molecule has 1 amide bonds. The summed E-state index contributed by atoms with van der Waals surface area (Å²) in [5.74, 6) is 0.873. The second-order valence-electron chi connectivity index (χ2n) is 6.64. The zero-order chi connectivity index (χ0) is 12.4. The molecule has 0 radical (unpaired) electrons. The van der Waals surface area contributed by atoms with Crippen molar-refractivity contribution in [2.75, 3.05) is 6.54 Å². The molecule has 0 aromatic rings. The quantitative estimate of drug-likeness (QED) is 0.615. The number of nitrogens with zero attached hydrogens (tertiary/aromatic N) is 1. The van der Waals surface area contributed by atoms with Crippen LogP contribution in [0, 0.1) is 5.92 Å². The monoisotopic (exact) mass is 247 g/mol. The van der Waals surface area contributed by atoms with Gasteiger partial charge in [-0.3, -0.25) is 4.79 Å². The Bertz CT molecular complexity index is 424. The average molecular weight is 247 g/mol. The summed E-state index contributed by atoms with van der Waals surface area (Å²) in [4.78, 5) is 14.2. The summed E-state index contributed by atoms with van der Waals surface area (Å²) in [5.41, 5.74) is 0.0353. The van der Waals surface area contributed by atoms with Crippen LogP contribution in [0.4, 0.5) is 0 Å². The molecule has 4 aliphatic rings. The van der Waals surface area contributed by atoms with Gasteiger partial charge < -0.3 is 9.64 Å². The van der Waals surface area contributed by atoms with E-state index in [1.165, 1.54) is 32.1 Å². The van der Waals surface area contributed by atoms with E-state index in [1.54, 1.807) is 6.92 Å². The second-order valence-corrected chi connectivity index (χ2v) is 6.64. The average Bonchev–Trinajstić information content (AvgIpc) is 3.01. The zero-order valence-corrected chi connectivity index (χ0v) is 11.0. The lowest BCUT2D eigenvalue weighted by Crippen LogP contribution is -2.62. The van der Waals surface area contributed by atoms with Crippen molar-refractivity contribution >= 4 is 5.91 Å². The van der Waals surface area contributed by atoms with Crippen LogP contribution in [0.1, 0.15) is 45.4 Å². The maximum absolute atomic E-state index is 12.1. The Labute approximate surface area is 108 Å². The number of likely N-dealkylation sites (tertiary alicyclic amines) is 1. The van der Waals surface area contributed by atoms with Gasteiger partial charge in [-0.05, 0) is 31.6 Å². The third-order valence-corrected chi connectivity index (χ3v) is 5.69. The number of rotatable bonds is 0. The zero-order valence-electron chi connectivity index (χ0n) is 11.0. The van der Waals surface area contributed by atoms with Crippen molar-refractivity contribution in [1.82, 2.24) is 4.90 Å². The third kappa shape index (κ3) is 1.26. The van der Waals surface area contributed by atoms with Crippen LogP contribution in [0.2, 0.25) is 0 Å². The Morgan fingerprint density at radius 3 is 2.83 bits per heavy atom. The standard InChI is InChI=1S/C15H21NO2/c1-11(17)16-10-15-7-4-13(18-15)8-12(15)9-14(16)5-2-3-6-14/h4,7,12-13H,2-3,5-6,8-10H2,1H3/t12-,13+,15-/m1/s1. The van der Waals surface area contributed by atoms with Crippen molar-refractivity contribution in [2.45, 2.75) is 62.7 Å². The summed E-state index contributed by atoms with van der Waals surface area (Å²) >= 11 is 0. The minimum Gasteiger partial charge on any atom is -0.361 e. The maximum Gasteiger partial charge on any atom is 0.220 e. The highest BCUT2D eigenvalue weighted by Gasteiger charge is 2.59. The van der Waals surface area contributed by atoms with Crippen LogP contribution in [0.25, 0.3) is 0 Å². The number of amides is 1. The van der Waals surface area contributed by atoms with E-state index in [-0.39, 0.29) is 17.0 Å². The van der Waals surface area contributed by atoms with Crippen LogP contribution < -0.4 is 0 Å². The minimum atomic E-state index is -0.135. The fourth-order valence-electron chi connectivity index (χ4n) is 4.88. The molecule has 1 saturated carbocycles. The number of hydrogen-bond acceptors (Lipinski definition) is 2. The Morgan fingerprint density at radius 2 is 2.17 bits per heavy atom. The predicted molar refractivity (Wildman–Crippen MR) is 68.1 cm³/mol. The molecular formula is C15H21NO2. The Hall–Kier alpha value is -0.830. The summed E-state index contributed by atoms with van der Waals surface area (Å²) in [5, 5.41) is 0. The van der Waals surface area contributed by atoms with E-state index >= 15 is 0 Å². The summed E-state index contributed by atoms with van der Waals surface area (Å²) in [6, 6.07) is 0. The van der Waals surface area contributed by atoms with E-state index in [1.807, 2.05) is 0 Å². The van der Waals surface area contributed by atoms with E-state index in [4.69, 9.17) is 4.74 Å². The molecule has 2 bridgehead atoms. The van der Waals surface area contributed by atoms with Crippen LogP contribution in [-0.4, -0.2) is 34.6 Å². The van der Waals surface area contributed by atoms with Crippen LogP contribution in [0.15, 0.2) is 12.2 Å². The van der Waals surface area contributed by atoms with Gasteiger partial charge in [-0.1, -0.05) is 25.0 Å². The molecule has 2 saturated heterocycles. The molecule has 98 valence electrons. The Kier molecular flexibility index (Phi) is 2.07. The number of carbonyl (C=O) groups excluding carboxylic acids is 1. The minimum absolute atomic E-state index is 0.135. The maximum atomic E-state index is 12.1. The van der Waals surface area contributed by atoms with Crippen molar-refractivity contribution in [3.63, 3.8) is 0 Å².